The second-order valence-electron chi connectivity index (χ2n) is 4.70. The number of nitrogens with zero attached hydrogens (tertiary/aromatic N) is 1. The van der Waals surface area contributed by atoms with Gasteiger partial charge in [0, 0.05) is 30.9 Å². The van der Waals surface area contributed by atoms with Crippen LogP contribution in [0.15, 0.2) is 18.2 Å². The predicted molar refractivity (Wildman–Crippen MR) is 71.1 cm³/mol. The first kappa shape index (κ1) is 12.7. The van der Waals surface area contributed by atoms with Gasteiger partial charge in [-0.15, -0.1) is 0 Å². The van der Waals surface area contributed by atoms with E-state index in [1.807, 2.05) is 18.2 Å². The van der Waals surface area contributed by atoms with E-state index in [-0.39, 0.29) is 0 Å². The molecule has 1 aliphatic rings. The van der Waals surface area contributed by atoms with Crippen molar-refractivity contribution in [2.24, 2.45) is 5.92 Å². The number of nitrogen functional groups attached to an aromatic ring is 1. The third-order valence-electron chi connectivity index (χ3n) is 3.24. The molecule has 2 rings (SSSR count). The molecule has 0 bridgehead atoms. The molecule has 0 aliphatic carbocycles. The SMILES string of the molecule is COCC1CCN(Cc2ccc(N)cc2Cl)C1. The molecule has 2 N–H and O–H groups in total. The zero-order chi connectivity index (χ0) is 12.3. The number of halogens is 1. The first-order valence-corrected chi connectivity index (χ1v) is 6.32. The first-order chi connectivity index (χ1) is 8.19. The minimum absolute atomic E-state index is 0.660. The van der Waals surface area contributed by atoms with E-state index in [0.717, 1.165) is 42.5 Å². The molecule has 1 saturated heterocycles. The van der Waals surface area contributed by atoms with E-state index in [1.54, 1.807) is 7.11 Å². The Labute approximate surface area is 107 Å². The quantitative estimate of drug-likeness (QED) is 0.839. The van der Waals surface area contributed by atoms with Crippen LogP contribution in [0.3, 0.4) is 0 Å². The molecule has 1 heterocycles. The highest BCUT2D eigenvalue weighted by Crippen LogP contribution is 2.24. The van der Waals surface area contributed by atoms with E-state index in [9.17, 15) is 0 Å². The zero-order valence-corrected chi connectivity index (χ0v) is 10.9. The molecule has 1 unspecified atom stereocenters. The lowest BCUT2D eigenvalue weighted by atomic mass is 10.1. The molecule has 1 aromatic rings. The molecule has 1 atom stereocenters. The van der Waals surface area contributed by atoms with Gasteiger partial charge in [-0.25, -0.2) is 0 Å². The third kappa shape index (κ3) is 3.35. The van der Waals surface area contributed by atoms with Gasteiger partial charge < -0.3 is 10.5 Å². The molecule has 94 valence electrons. The number of anilines is 1. The molecular weight excluding hydrogens is 236 g/mol. The monoisotopic (exact) mass is 254 g/mol. The Kier molecular flexibility index (Phi) is 4.26. The zero-order valence-electron chi connectivity index (χ0n) is 10.2. The van der Waals surface area contributed by atoms with Crippen LogP contribution in [0.1, 0.15) is 12.0 Å². The summed E-state index contributed by atoms with van der Waals surface area (Å²) in [6.07, 6.45) is 1.21. The summed E-state index contributed by atoms with van der Waals surface area (Å²) in [5.74, 6) is 0.660. The van der Waals surface area contributed by atoms with Gasteiger partial charge in [-0.3, -0.25) is 4.90 Å². The van der Waals surface area contributed by atoms with Crippen LogP contribution >= 0.6 is 11.6 Å². The molecule has 1 fully saturated rings. The number of nitrogens with two attached hydrogens (primary N) is 1. The average Bonchev–Trinajstić information content (AvgIpc) is 2.71. The molecule has 0 aromatic heterocycles. The topological polar surface area (TPSA) is 38.5 Å². The van der Waals surface area contributed by atoms with Crippen LogP contribution in [0.5, 0.6) is 0 Å². The number of methoxy groups -OCH3 is 1. The van der Waals surface area contributed by atoms with Gasteiger partial charge in [0.15, 0.2) is 0 Å². The highest BCUT2D eigenvalue weighted by molar-refractivity contribution is 6.31. The fraction of sp³-hybridized carbons (Fsp3) is 0.538. The first-order valence-electron chi connectivity index (χ1n) is 5.94. The minimum Gasteiger partial charge on any atom is -0.399 e. The number of ether oxygens (including phenoxy) is 1. The molecule has 0 saturated carbocycles. The van der Waals surface area contributed by atoms with E-state index < -0.39 is 0 Å². The van der Waals surface area contributed by atoms with Crippen molar-refractivity contribution in [2.45, 2.75) is 13.0 Å². The summed E-state index contributed by atoms with van der Waals surface area (Å²) in [5, 5.41) is 0.764. The van der Waals surface area contributed by atoms with Gasteiger partial charge >= 0.3 is 0 Å². The van der Waals surface area contributed by atoms with E-state index in [2.05, 4.69) is 4.90 Å². The molecule has 1 aromatic carbocycles. The lowest BCUT2D eigenvalue weighted by Gasteiger charge is -2.17. The standard InChI is InChI=1S/C13H19ClN2O/c1-17-9-10-4-5-16(7-10)8-11-2-3-12(15)6-13(11)14/h2-3,6,10H,4-5,7-9,15H2,1H3. The Bertz CT molecular complexity index is 384. The normalized spacial score (nSPS) is 20.9. The van der Waals surface area contributed by atoms with Crippen LogP contribution in [0.2, 0.25) is 5.02 Å². The van der Waals surface area contributed by atoms with Gasteiger partial charge in [0.1, 0.15) is 0 Å². The maximum atomic E-state index is 6.17. The van der Waals surface area contributed by atoms with Crippen molar-refractivity contribution < 1.29 is 4.74 Å². The molecule has 1 aliphatic heterocycles. The van der Waals surface area contributed by atoms with Crippen molar-refractivity contribution in [3.05, 3.63) is 28.8 Å². The van der Waals surface area contributed by atoms with Crippen molar-refractivity contribution in [1.29, 1.82) is 0 Å². The van der Waals surface area contributed by atoms with Crippen molar-refractivity contribution in [3.63, 3.8) is 0 Å². The summed E-state index contributed by atoms with van der Waals surface area (Å²) >= 11 is 6.17. The lowest BCUT2D eigenvalue weighted by Crippen LogP contribution is -2.21. The highest BCUT2D eigenvalue weighted by atomic mass is 35.5. The van der Waals surface area contributed by atoms with Crippen LogP contribution in [-0.4, -0.2) is 31.7 Å². The minimum atomic E-state index is 0.660. The summed E-state index contributed by atoms with van der Waals surface area (Å²) in [5.41, 5.74) is 7.55. The summed E-state index contributed by atoms with van der Waals surface area (Å²) < 4.78 is 5.19. The van der Waals surface area contributed by atoms with Gasteiger partial charge in [0.05, 0.1) is 6.61 Å². The average molecular weight is 255 g/mol. The fourth-order valence-electron chi connectivity index (χ4n) is 2.36. The van der Waals surface area contributed by atoms with Gasteiger partial charge in [-0.1, -0.05) is 17.7 Å². The van der Waals surface area contributed by atoms with Gasteiger partial charge in [-0.05, 0) is 36.6 Å². The Balaban J connectivity index is 1.93. The Morgan fingerprint density at radius 3 is 3.06 bits per heavy atom. The Morgan fingerprint density at radius 1 is 1.53 bits per heavy atom. The molecule has 3 nitrogen and oxygen atoms in total. The molecule has 0 spiro atoms. The number of hydrogen-bond acceptors (Lipinski definition) is 3. The second-order valence-corrected chi connectivity index (χ2v) is 5.10. The van der Waals surface area contributed by atoms with Gasteiger partial charge in [-0.2, -0.15) is 0 Å². The summed E-state index contributed by atoms with van der Waals surface area (Å²) in [7, 11) is 1.76. The van der Waals surface area contributed by atoms with Crippen molar-refractivity contribution in [2.75, 3.05) is 32.5 Å². The van der Waals surface area contributed by atoms with Crippen molar-refractivity contribution in [1.82, 2.24) is 4.90 Å². The van der Waals surface area contributed by atoms with Gasteiger partial charge in [0.25, 0.3) is 0 Å². The smallest absolute Gasteiger partial charge is 0.0503 e. The number of rotatable bonds is 4. The number of benzene rings is 1. The van der Waals surface area contributed by atoms with Crippen molar-refractivity contribution in [3.8, 4) is 0 Å². The molecule has 4 heteroatoms. The maximum Gasteiger partial charge on any atom is 0.0503 e. The molecule has 0 amide bonds. The van der Waals surface area contributed by atoms with Crippen molar-refractivity contribution >= 4 is 17.3 Å². The Morgan fingerprint density at radius 2 is 2.35 bits per heavy atom. The molecule has 0 radical (unpaired) electrons. The van der Waals surface area contributed by atoms with Crippen LogP contribution in [0, 0.1) is 5.92 Å². The van der Waals surface area contributed by atoms with Crippen LogP contribution < -0.4 is 5.73 Å². The summed E-state index contributed by atoms with van der Waals surface area (Å²) in [6, 6.07) is 5.74. The van der Waals surface area contributed by atoms with E-state index in [4.69, 9.17) is 22.1 Å². The van der Waals surface area contributed by atoms with Crippen LogP contribution in [0.25, 0.3) is 0 Å². The van der Waals surface area contributed by atoms with Crippen LogP contribution in [0.4, 0.5) is 5.69 Å². The third-order valence-corrected chi connectivity index (χ3v) is 3.60. The molecule has 17 heavy (non-hydrogen) atoms. The van der Waals surface area contributed by atoms with E-state index >= 15 is 0 Å². The second kappa shape index (κ2) is 5.71. The highest BCUT2D eigenvalue weighted by Gasteiger charge is 2.22. The molecular formula is C13H19ClN2O. The Hall–Kier alpha value is -0.770. The summed E-state index contributed by atoms with van der Waals surface area (Å²) in [6.45, 7) is 3.97. The van der Waals surface area contributed by atoms with E-state index in [0.29, 0.717) is 5.92 Å². The predicted octanol–water partition coefficient (Wildman–Crippen LogP) is 2.39. The maximum absolute atomic E-state index is 6.17. The number of likely N-dealkylation sites (tertiary alicyclic amines) is 1. The fourth-order valence-corrected chi connectivity index (χ4v) is 2.61. The van der Waals surface area contributed by atoms with Crippen LogP contribution in [-0.2, 0) is 11.3 Å². The lowest BCUT2D eigenvalue weighted by molar-refractivity contribution is 0.152. The summed E-state index contributed by atoms with van der Waals surface area (Å²) in [4.78, 5) is 2.42. The largest absolute Gasteiger partial charge is 0.399 e. The number of hydrogen-bond donors (Lipinski definition) is 1. The van der Waals surface area contributed by atoms with E-state index in [1.165, 1.54) is 6.42 Å². The van der Waals surface area contributed by atoms with Gasteiger partial charge in [0.2, 0.25) is 0 Å².